The van der Waals surface area contributed by atoms with Crippen LogP contribution >= 0.6 is 22.7 Å². The van der Waals surface area contributed by atoms with Gasteiger partial charge in [-0.3, -0.25) is 10.1 Å². The first-order valence-electron chi connectivity index (χ1n) is 7.81. The second-order valence-electron chi connectivity index (χ2n) is 5.32. The van der Waals surface area contributed by atoms with Crippen LogP contribution in [0.4, 0.5) is 5.13 Å². The smallest absolute Gasteiger partial charge is 0.250 e. The van der Waals surface area contributed by atoms with Crippen molar-refractivity contribution in [2.45, 2.75) is 6.42 Å². The number of carbonyl (C=O) groups excluding carboxylic acids is 1. The van der Waals surface area contributed by atoms with Gasteiger partial charge < -0.3 is 4.74 Å². The second-order valence-corrected chi connectivity index (χ2v) is 7.15. The first-order chi connectivity index (χ1) is 12.2. The van der Waals surface area contributed by atoms with Gasteiger partial charge in [-0.1, -0.05) is 30.3 Å². The fourth-order valence-corrected chi connectivity index (χ4v) is 3.56. The van der Waals surface area contributed by atoms with E-state index in [1.165, 1.54) is 23.0 Å². The van der Waals surface area contributed by atoms with Crippen LogP contribution in [0.3, 0.4) is 0 Å². The van der Waals surface area contributed by atoms with Gasteiger partial charge in [0.05, 0.1) is 12.3 Å². The average molecular weight is 370 g/mol. The van der Waals surface area contributed by atoms with E-state index in [1.54, 1.807) is 24.5 Å². The summed E-state index contributed by atoms with van der Waals surface area (Å²) >= 11 is 3.01. The molecule has 25 heavy (non-hydrogen) atoms. The molecule has 3 rings (SSSR count). The molecule has 0 saturated carbocycles. The Balaban J connectivity index is 1.61. The maximum atomic E-state index is 12.0. The van der Waals surface area contributed by atoms with Crippen molar-refractivity contribution in [2.24, 2.45) is 0 Å². The number of rotatable bonds is 7. The quantitative estimate of drug-likeness (QED) is 0.613. The number of ether oxygens (including phenoxy) is 1. The van der Waals surface area contributed by atoms with E-state index in [4.69, 9.17) is 4.74 Å². The Bertz CT molecular complexity index is 837. The average Bonchev–Trinajstić information content (AvgIpc) is 3.30. The first-order valence-corrected chi connectivity index (χ1v) is 9.57. The topological polar surface area (TPSA) is 51.2 Å². The Morgan fingerprint density at radius 1 is 1.24 bits per heavy atom. The van der Waals surface area contributed by atoms with Crippen molar-refractivity contribution in [3.05, 3.63) is 63.7 Å². The highest BCUT2D eigenvalue weighted by Crippen LogP contribution is 2.25. The second kappa shape index (κ2) is 8.71. The molecule has 128 valence electrons. The number of nitrogens with zero attached hydrogens (tertiary/aromatic N) is 1. The molecule has 0 spiro atoms. The van der Waals surface area contributed by atoms with Gasteiger partial charge in [0.2, 0.25) is 5.91 Å². The summed E-state index contributed by atoms with van der Waals surface area (Å²) in [7, 11) is 1.70. The molecule has 0 aliphatic rings. The molecule has 0 aliphatic carbocycles. The van der Waals surface area contributed by atoms with Gasteiger partial charge in [0, 0.05) is 29.0 Å². The maximum Gasteiger partial charge on any atom is 0.250 e. The zero-order valence-electron chi connectivity index (χ0n) is 13.8. The lowest BCUT2D eigenvalue weighted by Crippen LogP contribution is -2.07. The van der Waals surface area contributed by atoms with Crippen LogP contribution in [-0.2, 0) is 16.0 Å². The van der Waals surface area contributed by atoms with Gasteiger partial charge in [0.25, 0.3) is 0 Å². The molecular weight excluding hydrogens is 352 g/mol. The largest absolute Gasteiger partial charge is 0.384 e. The standard InChI is InChI=1S/C19H18N2O2S2/c1-23-11-10-14-4-6-15(7-5-14)17-13-25-19(20-17)21-18(22)9-8-16-3-2-12-24-16/h2-9,12-13H,10-11H2,1H3,(H,20,21,22)/b9-8+. The van der Waals surface area contributed by atoms with Gasteiger partial charge in [-0.15, -0.1) is 22.7 Å². The third-order valence-corrected chi connectivity index (χ3v) is 5.12. The number of benzene rings is 1. The van der Waals surface area contributed by atoms with Gasteiger partial charge in [-0.2, -0.15) is 0 Å². The van der Waals surface area contributed by atoms with Crippen LogP contribution in [-0.4, -0.2) is 24.6 Å². The number of hydrogen-bond acceptors (Lipinski definition) is 5. The predicted molar refractivity (Wildman–Crippen MR) is 105 cm³/mol. The van der Waals surface area contributed by atoms with Gasteiger partial charge in [-0.05, 0) is 29.5 Å². The lowest BCUT2D eigenvalue weighted by Gasteiger charge is -2.02. The predicted octanol–water partition coefficient (Wildman–Crippen LogP) is 4.71. The number of amides is 1. The fourth-order valence-electron chi connectivity index (χ4n) is 2.22. The Labute approximate surface area is 154 Å². The Hall–Kier alpha value is -2.28. The van der Waals surface area contributed by atoms with E-state index < -0.39 is 0 Å². The molecule has 0 radical (unpaired) electrons. The molecule has 0 saturated heterocycles. The van der Waals surface area contributed by atoms with E-state index in [9.17, 15) is 4.79 Å². The van der Waals surface area contributed by atoms with Crippen LogP contribution in [0.1, 0.15) is 10.4 Å². The normalized spacial score (nSPS) is 11.1. The van der Waals surface area contributed by atoms with E-state index in [0.717, 1.165) is 22.6 Å². The van der Waals surface area contributed by atoms with Crippen molar-refractivity contribution >= 4 is 39.8 Å². The number of aromatic nitrogens is 1. The van der Waals surface area contributed by atoms with E-state index >= 15 is 0 Å². The Morgan fingerprint density at radius 2 is 2.08 bits per heavy atom. The van der Waals surface area contributed by atoms with Gasteiger partial charge >= 0.3 is 0 Å². The molecule has 0 aliphatic heterocycles. The molecule has 6 heteroatoms. The van der Waals surface area contributed by atoms with E-state index in [-0.39, 0.29) is 5.91 Å². The van der Waals surface area contributed by atoms with Gasteiger partial charge in [0.15, 0.2) is 5.13 Å². The van der Waals surface area contributed by atoms with E-state index in [0.29, 0.717) is 11.7 Å². The maximum absolute atomic E-state index is 12.0. The van der Waals surface area contributed by atoms with Crippen LogP contribution in [0.15, 0.2) is 53.2 Å². The Morgan fingerprint density at radius 3 is 2.80 bits per heavy atom. The molecule has 0 bridgehead atoms. The lowest BCUT2D eigenvalue weighted by atomic mass is 10.1. The summed E-state index contributed by atoms with van der Waals surface area (Å²) < 4.78 is 5.09. The van der Waals surface area contributed by atoms with Crippen LogP contribution in [0, 0.1) is 0 Å². The molecule has 2 aromatic heterocycles. The summed E-state index contributed by atoms with van der Waals surface area (Å²) in [4.78, 5) is 17.5. The number of methoxy groups -OCH3 is 1. The minimum Gasteiger partial charge on any atom is -0.384 e. The highest BCUT2D eigenvalue weighted by molar-refractivity contribution is 7.14. The highest BCUT2D eigenvalue weighted by Gasteiger charge is 2.06. The molecule has 0 unspecified atom stereocenters. The van der Waals surface area contributed by atoms with Crippen LogP contribution in [0.5, 0.6) is 0 Å². The number of hydrogen-bond donors (Lipinski definition) is 1. The summed E-state index contributed by atoms with van der Waals surface area (Å²) in [5.41, 5.74) is 3.13. The number of anilines is 1. The number of thiazole rings is 1. The number of nitrogens with one attached hydrogen (secondary N) is 1. The van der Waals surface area contributed by atoms with Crippen LogP contribution < -0.4 is 5.32 Å². The van der Waals surface area contributed by atoms with Crippen molar-refractivity contribution in [1.29, 1.82) is 0 Å². The lowest BCUT2D eigenvalue weighted by molar-refractivity contribution is -0.111. The molecule has 1 N–H and O–H groups in total. The summed E-state index contributed by atoms with van der Waals surface area (Å²) in [6, 6.07) is 12.2. The number of carbonyl (C=O) groups is 1. The van der Waals surface area contributed by atoms with E-state index in [2.05, 4.69) is 22.4 Å². The van der Waals surface area contributed by atoms with Crippen molar-refractivity contribution in [2.75, 3.05) is 19.0 Å². The number of thiophene rings is 1. The molecule has 0 atom stereocenters. The molecule has 4 nitrogen and oxygen atoms in total. The summed E-state index contributed by atoms with van der Waals surface area (Å²) in [5.74, 6) is -0.177. The summed E-state index contributed by atoms with van der Waals surface area (Å²) in [6.07, 6.45) is 4.22. The van der Waals surface area contributed by atoms with Crippen molar-refractivity contribution in [1.82, 2.24) is 4.98 Å². The van der Waals surface area contributed by atoms with Crippen LogP contribution in [0.25, 0.3) is 17.3 Å². The van der Waals surface area contributed by atoms with Gasteiger partial charge in [0.1, 0.15) is 0 Å². The van der Waals surface area contributed by atoms with Gasteiger partial charge in [-0.25, -0.2) is 4.98 Å². The SMILES string of the molecule is COCCc1ccc(-c2csc(NC(=O)/C=C/c3cccs3)n2)cc1. The zero-order chi connectivity index (χ0) is 17.5. The summed E-state index contributed by atoms with van der Waals surface area (Å²) in [5, 5.41) is 7.32. The van der Waals surface area contributed by atoms with Crippen molar-refractivity contribution < 1.29 is 9.53 Å². The van der Waals surface area contributed by atoms with Crippen molar-refractivity contribution in [3.8, 4) is 11.3 Å². The molecule has 0 fully saturated rings. The van der Waals surface area contributed by atoms with Crippen molar-refractivity contribution in [3.63, 3.8) is 0 Å². The first kappa shape index (κ1) is 17.5. The fraction of sp³-hybridized carbons (Fsp3) is 0.158. The monoisotopic (exact) mass is 370 g/mol. The third kappa shape index (κ3) is 5.09. The minimum absolute atomic E-state index is 0.177. The van der Waals surface area contributed by atoms with E-state index in [1.807, 2.05) is 35.0 Å². The zero-order valence-corrected chi connectivity index (χ0v) is 15.4. The molecule has 1 amide bonds. The molecule has 1 aromatic carbocycles. The van der Waals surface area contributed by atoms with Crippen LogP contribution in [0.2, 0.25) is 0 Å². The third-order valence-electron chi connectivity index (χ3n) is 3.52. The molecule has 2 heterocycles. The minimum atomic E-state index is -0.177. The summed E-state index contributed by atoms with van der Waals surface area (Å²) in [6.45, 7) is 0.714. The molecule has 3 aromatic rings. The Kier molecular flexibility index (Phi) is 6.11. The molecular formula is C19H18N2O2S2. The highest BCUT2D eigenvalue weighted by atomic mass is 32.1.